The number of aryl methyl sites for hydroxylation is 1. The third-order valence-electron chi connectivity index (χ3n) is 4.25. The number of para-hydroxylation sites is 1. The molecule has 7 heteroatoms. The first-order valence-electron chi connectivity index (χ1n) is 8.73. The number of amides is 3. The van der Waals surface area contributed by atoms with E-state index in [9.17, 15) is 14.4 Å². The fourth-order valence-corrected chi connectivity index (χ4v) is 2.61. The highest BCUT2D eigenvalue weighted by molar-refractivity contribution is 5.99. The molecule has 1 aliphatic rings. The Balaban J connectivity index is 1.98. The second-order valence-electron chi connectivity index (χ2n) is 7.51. The van der Waals surface area contributed by atoms with Gasteiger partial charge < -0.3 is 15.4 Å². The Bertz CT molecular complexity index is 696. The van der Waals surface area contributed by atoms with Crippen molar-refractivity contribution in [2.24, 2.45) is 0 Å². The van der Waals surface area contributed by atoms with Gasteiger partial charge in [0, 0.05) is 12.7 Å². The predicted molar refractivity (Wildman–Crippen MR) is 98.8 cm³/mol. The van der Waals surface area contributed by atoms with Crippen molar-refractivity contribution in [3.05, 3.63) is 29.8 Å². The molecular formula is C19H27N3O4. The molecule has 3 amide bonds. The zero-order valence-electron chi connectivity index (χ0n) is 16.0. The number of likely N-dealkylation sites (N-methyl/N-ethyl adjacent to an activating group) is 1. The van der Waals surface area contributed by atoms with Crippen LogP contribution in [0, 0.1) is 0 Å². The van der Waals surface area contributed by atoms with Crippen LogP contribution in [0.15, 0.2) is 24.3 Å². The van der Waals surface area contributed by atoms with Gasteiger partial charge in [-0.2, -0.15) is 0 Å². The van der Waals surface area contributed by atoms with Crippen molar-refractivity contribution >= 4 is 23.6 Å². The van der Waals surface area contributed by atoms with Crippen LogP contribution in [0.3, 0.4) is 0 Å². The van der Waals surface area contributed by atoms with Crippen molar-refractivity contribution in [1.29, 1.82) is 0 Å². The number of anilines is 1. The molecule has 1 aromatic rings. The second-order valence-corrected chi connectivity index (χ2v) is 7.51. The number of hydrogen-bond donors (Lipinski definition) is 2. The van der Waals surface area contributed by atoms with Crippen molar-refractivity contribution in [3.8, 4) is 0 Å². The first-order valence-corrected chi connectivity index (χ1v) is 8.73. The molecule has 2 N–H and O–H groups in total. The van der Waals surface area contributed by atoms with Crippen molar-refractivity contribution in [3.63, 3.8) is 0 Å². The molecule has 1 heterocycles. The van der Waals surface area contributed by atoms with Crippen molar-refractivity contribution < 1.29 is 19.1 Å². The van der Waals surface area contributed by atoms with Crippen LogP contribution in [0.4, 0.5) is 10.5 Å². The molecule has 1 unspecified atom stereocenters. The minimum absolute atomic E-state index is 0.254. The smallest absolute Gasteiger partial charge is 0.410 e. The third-order valence-corrected chi connectivity index (χ3v) is 4.25. The Morgan fingerprint density at radius 3 is 2.62 bits per heavy atom. The lowest BCUT2D eigenvalue weighted by Crippen LogP contribution is -2.52. The molecule has 142 valence electrons. The van der Waals surface area contributed by atoms with Crippen molar-refractivity contribution in [2.45, 2.75) is 58.2 Å². The molecule has 2 rings (SSSR count). The molecular weight excluding hydrogens is 334 g/mol. The topological polar surface area (TPSA) is 87.7 Å². The lowest BCUT2D eigenvalue weighted by molar-refractivity contribution is -0.129. The highest BCUT2D eigenvalue weighted by Crippen LogP contribution is 2.21. The molecule has 0 bridgehead atoms. The van der Waals surface area contributed by atoms with Gasteiger partial charge in [0.05, 0.1) is 0 Å². The van der Waals surface area contributed by atoms with E-state index in [1.165, 1.54) is 11.9 Å². The maximum absolute atomic E-state index is 12.5. The first-order chi connectivity index (χ1) is 12.1. The summed E-state index contributed by atoms with van der Waals surface area (Å²) in [6, 6.07) is 6.17. The molecule has 0 fully saturated rings. The molecule has 0 aromatic heterocycles. The van der Waals surface area contributed by atoms with E-state index in [1.54, 1.807) is 27.7 Å². The molecule has 0 radical (unpaired) electrons. The summed E-state index contributed by atoms with van der Waals surface area (Å²) in [5.74, 6) is -0.653. The van der Waals surface area contributed by atoms with E-state index in [2.05, 4.69) is 10.6 Å². The molecule has 1 aromatic carbocycles. The lowest BCUT2D eigenvalue weighted by atomic mass is 10.1. The van der Waals surface area contributed by atoms with Crippen LogP contribution in [0.2, 0.25) is 0 Å². The molecule has 1 aliphatic heterocycles. The summed E-state index contributed by atoms with van der Waals surface area (Å²) in [4.78, 5) is 38.2. The molecule has 0 aliphatic carbocycles. The minimum atomic E-state index is -0.761. The van der Waals surface area contributed by atoms with Gasteiger partial charge in [-0.1, -0.05) is 18.2 Å². The Labute approximate surface area is 154 Å². The number of ether oxygens (including phenoxy) is 1. The van der Waals surface area contributed by atoms with Crippen molar-refractivity contribution in [2.75, 3.05) is 12.4 Å². The summed E-state index contributed by atoms with van der Waals surface area (Å²) in [6.45, 7) is 6.88. The minimum Gasteiger partial charge on any atom is -0.444 e. The SMILES string of the molecule is C[C@@H](C(=O)NC1CCc2ccccc2NC1=O)N(C)C(=O)OC(C)(C)C. The monoisotopic (exact) mass is 361 g/mol. The van der Waals surface area contributed by atoms with E-state index >= 15 is 0 Å². The Morgan fingerprint density at radius 2 is 1.96 bits per heavy atom. The zero-order chi connectivity index (χ0) is 19.5. The maximum atomic E-state index is 12.5. The van der Waals surface area contributed by atoms with Crippen LogP contribution in [-0.2, 0) is 20.7 Å². The summed E-state index contributed by atoms with van der Waals surface area (Å²) in [7, 11) is 1.50. The van der Waals surface area contributed by atoms with Gasteiger partial charge in [0.1, 0.15) is 17.7 Å². The van der Waals surface area contributed by atoms with E-state index in [4.69, 9.17) is 4.74 Å². The summed E-state index contributed by atoms with van der Waals surface area (Å²) in [6.07, 6.45) is 0.589. The molecule has 0 saturated heterocycles. The number of carbonyl (C=O) groups is 3. The maximum Gasteiger partial charge on any atom is 0.410 e. The van der Waals surface area contributed by atoms with Gasteiger partial charge >= 0.3 is 6.09 Å². The number of nitrogens with one attached hydrogen (secondary N) is 2. The van der Waals surface area contributed by atoms with Crippen LogP contribution in [0.5, 0.6) is 0 Å². The number of nitrogens with zero attached hydrogens (tertiary/aromatic N) is 1. The summed E-state index contributed by atoms with van der Waals surface area (Å²) in [5, 5.41) is 5.58. The quantitative estimate of drug-likeness (QED) is 0.865. The highest BCUT2D eigenvalue weighted by Gasteiger charge is 2.30. The predicted octanol–water partition coefficient (Wildman–Crippen LogP) is 2.31. The third kappa shape index (κ3) is 4.97. The number of hydrogen-bond acceptors (Lipinski definition) is 4. The van der Waals surface area contributed by atoms with E-state index < -0.39 is 29.7 Å². The fourth-order valence-electron chi connectivity index (χ4n) is 2.61. The summed E-state index contributed by atoms with van der Waals surface area (Å²) >= 11 is 0. The van der Waals surface area contributed by atoms with E-state index in [-0.39, 0.29) is 5.91 Å². The fraction of sp³-hybridized carbons (Fsp3) is 0.526. The van der Waals surface area contributed by atoms with Gasteiger partial charge in [0.15, 0.2) is 0 Å². The highest BCUT2D eigenvalue weighted by atomic mass is 16.6. The Kier molecular flexibility index (Phi) is 5.90. The average molecular weight is 361 g/mol. The number of benzene rings is 1. The lowest BCUT2D eigenvalue weighted by Gasteiger charge is -2.29. The van der Waals surface area contributed by atoms with Gasteiger partial charge in [-0.25, -0.2) is 4.79 Å². The number of carbonyl (C=O) groups excluding carboxylic acids is 3. The standard InChI is InChI=1S/C19H27N3O4/c1-12(22(5)18(25)26-19(2,3)4)16(23)21-15-11-10-13-8-6-7-9-14(13)20-17(15)24/h6-9,12,15H,10-11H2,1-5H3,(H,20,24)(H,21,23)/t12-,15?/m0/s1. The molecule has 7 nitrogen and oxygen atoms in total. The van der Waals surface area contributed by atoms with Crippen molar-refractivity contribution in [1.82, 2.24) is 10.2 Å². The van der Waals surface area contributed by atoms with Crippen LogP contribution in [0.25, 0.3) is 0 Å². The van der Waals surface area contributed by atoms with Gasteiger partial charge in [0.2, 0.25) is 11.8 Å². The first kappa shape index (κ1) is 19.8. The normalized spacial score (nSPS) is 18.0. The zero-order valence-corrected chi connectivity index (χ0v) is 16.0. The summed E-state index contributed by atoms with van der Waals surface area (Å²) < 4.78 is 5.27. The molecule has 26 heavy (non-hydrogen) atoms. The van der Waals surface area contributed by atoms with Crippen LogP contribution >= 0.6 is 0 Å². The largest absolute Gasteiger partial charge is 0.444 e. The Hall–Kier alpha value is -2.57. The molecule has 0 saturated carbocycles. The van der Waals surface area contributed by atoms with Gasteiger partial charge in [0.25, 0.3) is 0 Å². The number of rotatable bonds is 3. The Morgan fingerprint density at radius 1 is 1.31 bits per heavy atom. The van der Waals surface area contributed by atoms with E-state index in [0.29, 0.717) is 12.8 Å². The van der Waals surface area contributed by atoms with Crippen LogP contribution in [-0.4, -0.2) is 47.5 Å². The average Bonchev–Trinajstić information content (AvgIpc) is 2.71. The van der Waals surface area contributed by atoms with Gasteiger partial charge in [-0.15, -0.1) is 0 Å². The van der Waals surface area contributed by atoms with E-state index in [1.807, 2.05) is 24.3 Å². The number of fused-ring (bicyclic) bond motifs is 1. The van der Waals surface area contributed by atoms with Gasteiger partial charge in [-0.3, -0.25) is 14.5 Å². The second kappa shape index (κ2) is 7.76. The van der Waals surface area contributed by atoms with Crippen LogP contribution in [0.1, 0.15) is 39.7 Å². The van der Waals surface area contributed by atoms with Gasteiger partial charge in [-0.05, 0) is 52.2 Å². The van der Waals surface area contributed by atoms with E-state index in [0.717, 1.165) is 11.3 Å². The summed E-state index contributed by atoms with van der Waals surface area (Å²) in [5.41, 5.74) is 1.17. The molecule has 2 atom stereocenters. The van der Waals surface area contributed by atoms with Crippen LogP contribution < -0.4 is 10.6 Å². The molecule has 0 spiro atoms.